The Balaban J connectivity index is 2.14. The lowest BCUT2D eigenvalue weighted by Crippen LogP contribution is -1.90. The highest BCUT2D eigenvalue weighted by Gasteiger charge is 2.08. The van der Waals surface area contributed by atoms with E-state index in [0.717, 1.165) is 0 Å². The minimum absolute atomic E-state index is 0.114. The number of nitrogens with zero attached hydrogens (tertiary/aromatic N) is 4. The summed E-state index contributed by atoms with van der Waals surface area (Å²) in [5, 5.41) is 12.4. The molecule has 0 amide bonds. The third kappa shape index (κ3) is 2.35. The van der Waals surface area contributed by atoms with Crippen LogP contribution in [0.1, 0.15) is 12.3 Å². The van der Waals surface area contributed by atoms with Gasteiger partial charge in [0, 0.05) is 25.4 Å². The van der Waals surface area contributed by atoms with Crippen LogP contribution in [0, 0.1) is 0 Å². The van der Waals surface area contributed by atoms with E-state index in [0.29, 0.717) is 30.3 Å². The Morgan fingerprint density at radius 2 is 2.27 bits per heavy atom. The lowest BCUT2D eigenvalue weighted by molar-refractivity contribution is 0.278. The van der Waals surface area contributed by atoms with Gasteiger partial charge in [-0.05, 0) is 6.42 Å². The lowest BCUT2D eigenvalue weighted by atomic mass is 10.3. The summed E-state index contributed by atoms with van der Waals surface area (Å²) in [5.41, 5.74) is 0.580. The molecule has 6 heteroatoms. The highest BCUT2D eigenvalue weighted by atomic mass is 16.5. The first-order valence-corrected chi connectivity index (χ1v) is 4.60. The molecule has 0 bridgehead atoms. The quantitative estimate of drug-likeness (QED) is 0.781. The van der Waals surface area contributed by atoms with Crippen LogP contribution in [0.5, 0.6) is 0 Å². The molecule has 0 spiro atoms. The van der Waals surface area contributed by atoms with Crippen molar-refractivity contribution < 1.29 is 9.63 Å². The zero-order valence-electron chi connectivity index (χ0n) is 8.00. The first kappa shape index (κ1) is 9.72. The maximum atomic E-state index is 8.64. The van der Waals surface area contributed by atoms with Crippen LogP contribution in [0.25, 0.3) is 11.5 Å². The molecule has 2 rings (SSSR count). The van der Waals surface area contributed by atoms with Crippen molar-refractivity contribution in [1.82, 2.24) is 20.1 Å². The fourth-order valence-corrected chi connectivity index (χ4v) is 1.11. The molecule has 2 heterocycles. The van der Waals surface area contributed by atoms with Gasteiger partial charge >= 0.3 is 0 Å². The van der Waals surface area contributed by atoms with Crippen LogP contribution in [-0.2, 0) is 6.42 Å². The molecule has 0 aliphatic carbocycles. The molecule has 0 aliphatic rings. The van der Waals surface area contributed by atoms with E-state index in [4.69, 9.17) is 9.63 Å². The second-order valence-electron chi connectivity index (χ2n) is 2.93. The molecule has 0 atom stereocenters. The molecular formula is C9H10N4O2. The normalized spacial score (nSPS) is 10.5. The van der Waals surface area contributed by atoms with Crippen LogP contribution < -0.4 is 0 Å². The van der Waals surface area contributed by atoms with Crippen LogP contribution in [0.15, 0.2) is 23.1 Å². The van der Waals surface area contributed by atoms with E-state index in [1.807, 2.05) is 0 Å². The van der Waals surface area contributed by atoms with Gasteiger partial charge in [-0.1, -0.05) is 5.16 Å². The van der Waals surface area contributed by atoms with Gasteiger partial charge in [0.2, 0.25) is 11.7 Å². The molecule has 2 aromatic rings. The molecular weight excluding hydrogens is 196 g/mol. The summed E-state index contributed by atoms with van der Waals surface area (Å²) in [5.74, 6) is 0.931. The Kier molecular flexibility index (Phi) is 2.99. The van der Waals surface area contributed by atoms with E-state index in [2.05, 4.69) is 20.1 Å². The van der Waals surface area contributed by atoms with E-state index in [-0.39, 0.29) is 6.61 Å². The summed E-state index contributed by atoms with van der Waals surface area (Å²) >= 11 is 0. The first-order valence-electron chi connectivity index (χ1n) is 4.60. The lowest BCUT2D eigenvalue weighted by Gasteiger charge is -1.89. The van der Waals surface area contributed by atoms with Crippen molar-refractivity contribution in [1.29, 1.82) is 0 Å². The minimum atomic E-state index is 0.114. The van der Waals surface area contributed by atoms with Crippen LogP contribution in [-0.4, -0.2) is 31.8 Å². The summed E-state index contributed by atoms with van der Waals surface area (Å²) in [7, 11) is 0. The predicted octanol–water partition coefficient (Wildman–Crippen LogP) is 0.451. The highest BCUT2D eigenvalue weighted by Crippen LogP contribution is 2.11. The SMILES string of the molecule is OCCCc1nc(-c2cnccn2)no1. The first-order chi connectivity index (χ1) is 7.40. The molecule has 6 nitrogen and oxygen atoms in total. The average Bonchev–Trinajstić information content (AvgIpc) is 2.76. The van der Waals surface area contributed by atoms with Crippen LogP contribution in [0.3, 0.4) is 0 Å². The van der Waals surface area contributed by atoms with Crippen molar-refractivity contribution in [3.05, 3.63) is 24.5 Å². The summed E-state index contributed by atoms with van der Waals surface area (Å²) in [6.07, 6.45) is 5.90. The molecule has 0 aliphatic heterocycles. The molecule has 0 saturated heterocycles. The topological polar surface area (TPSA) is 84.9 Å². The van der Waals surface area contributed by atoms with Gasteiger partial charge < -0.3 is 9.63 Å². The molecule has 78 valence electrons. The molecule has 0 fully saturated rings. The van der Waals surface area contributed by atoms with Gasteiger partial charge in [-0.2, -0.15) is 4.98 Å². The van der Waals surface area contributed by atoms with Gasteiger partial charge in [0.15, 0.2) is 0 Å². The van der Waals surface area contributed by atoms with Crippen molar-refractivity contribution in [3.63, 3.8) is 0 Å². The Morgan fingerprint density at radius 1 is 1.33 bits per heavy atom. The van der Waals surface area contributed by atoms with E-state index >= 15 is 0 Å². The van der Waals surface area contributed by atoms with Gasteiger partial charge in [-0.3, -0.25) is 4.98 Å². The maximum absolute atomic E-state index is 8.64. The molecule has 2 aromatic heterocycles. The predicted molar refractivity (Wildman–Crippen MR) is 50.7 cm³/mol. The van der Waals surface area contributed by atoms with Gasteiger partial charge in [0.25, 0.3) is 0 Å². The summed E-state index contributed by atoms with van der Waals surface area (Å²) < 4.78 is 4.98. The Labute approximate surface area is 86.0 Å². The number of aryl methyl sites for hydroxylation is 1. The van der Waals surface area contributed by atoms with Crippen molar-refractivity contribution >= 4 is 0 Å². The number of hydrogen-bond donors (Lipinski definition) is 1. The zero-order valence-corrected chi connectivity index (χ0v) is 8.00. The standard InChI is InChI=1S/C9H10N4O2/c14-5-1-2-8-12-9(13-15-8)7-6-10-3-4-11-7/h3-4,6,14H,1-2,5H2. The Hall–Kier alpha value is -1.82. The van der Waals surface area contributed by atoms with Gasteiger partial charge in [0.1, 0.15) is 5.69 Å². The van der Waals surface area contributed by atoms with Crippen molar-refractivity contribution in [2.24, 2.45) is 0 Å². The number of aromatic nitrogens is 4. The van der Waals surface area contributed by atoms with Crippen molar-refractivity contribution in [3.8, 4) is 11.5 Å². The largest absolute Gasteiger partial charge is 0.396 e. The third-order valence-electron chi connectivity index (χ3n) is 1.81. The van der Waals surface area contributed by atoms with Crippen LogP contribution in [0.2, 0.25) is 0 Å². The average molecular weight is 206 g/mol. The molecule has 15 heavy (non-hydrogen) atoms. The fourth-order valence-electron chi connectivity index (χ4n) is 1.11. The molecule has 0 unspecified atom stereocenters. The zero-order chi connectivity index (χ0) is 10.5. The van der Waals surface area contributed by atoms with E-state index in [1.165, 1.54) is 0 Å². The van der Waals surface area contributed by atoms with E-state index in [1.54, 1.807) is 18.6 Å². The van der Waals surface area contributed by atoms with Crippen LogP contribution in [0.4, 0.5) is 0 Å². The second-order valence-corrected chi connectivity index (χ2v) is 2.93. The fraction of sp³-hybridized carbons (Fsp3) is 0.333. The summed E-state index contributed by atoms with van der Waals surface area (Å²) in [6.45, 7) is 0.114. The van der Waals surface area contributed by atoms with Gasteiger partial charge in [-0.15, -0.1) is 0 Å². The molecule has 0 saturated carbocycles. The number of aliphatic hydroxyl groups is 1. The maximum Gasteiger partial charge on any atom is 0.227 e. The summed E-state index contributed by atoms with van der Waals surface area (Å²) in [6, 6.07) is 0. The molecule has 0 radical (unpaired) electrons. The van der Waals surface area contributed by atoms with Crippen LogP contribution >= 0.6 is 0 Å². The summed E-state index contributed by atoms with van der Waals surface area (Å²) in [4.78, 5) is 12.1. The van der Waals surface area contributed by atoms with Crippen molar-refractivity contribution in [2.75, 3.05) is 6.61 Å². The monoisotopic (exact) mass is 206 g/mol. The van der Waals surface area contributed by atoms with E-state index in [9.17, 15) is 0 Å². The number of aliphatic hydroxyl groups excluding tert-OH is 1. The van der Waals surface area contributed by atoms with Gasteiger partial charge in [-0.25, -0.2) is 4.98 Å². The Morgan fingerprint density at radius 3 is 3.00 bits per heavy atom. The van der Waals surface area contributed by atoms with E-state index < -0.39 is 0 Å². The smallest absolute Gasteiger partial charge is 0.227 e. The third-order valence-corrected chi connectivity index (χ3v) is 1.81. The number of hydrogen-bond acceptors (Lipinski definition) is 6. The Bertz CT molecular complexity index is 415. The van der Waals surface area contributed by atoms with Crippen molar-refractivity contribution in [2.45, 2.75) is 12.8 Å². The second kappa shape index (κ2) is 4.61. The van der Waals surface area contributed by atoms with Gasteiger partial charge in [0.05, 0.1) is 6.20 Å². The minimum Gasteiger partial charge on any atom is -0.396 e. The number of rotatable bonds is 4. The highest BCUT2D eigenvalue weighted by molar-refractivity contribution is 5.45. The molecule has 0 aromatic carbocycles. The molecule has 1 N–H and O–H groups in total.